The molecule has 1 aliphatic rings. The molecule has 2 rings (SSSR count). The van der Waals surface area contributed by atoms with Crippen molar-refractivity contribution in [2.45, 2.75) is 24.5 Å². The molecule has 1 saturated heterocycles. The van der Waals surface area contributed by atoms with Gasteiger partial charge in [-0.3, -0.25) is 4.79 Å². The molecular formula is C13H16F2N2O3S. The van der Waals surface area contributed by atoms with Crippen LogP contribution in [0.5, 0.6) is 0 Å². The average molecular weight is 318 g/mol. The van der Waals surface area contributed by atoms with Crippen LogP contribution in [0, 0.1) is 11.6 Å². The number of carbonyl (C=O) groups excluding carboxylic acids is 1. The van der Waals surface area contributed by atoms with Gasteiger partial charge in [0.05, 0.1) is 11.7 Å². The number of piperidine rings is 1. The third-order valence-corrected chi connectivity index (χ3v) is 4.85. The fourth-order valence-electron chi connectivity index (χ4n) is 2.37. The van der Waals surface area contributed by atoms with Gasteiger partial charge in [0, 0.05) is 13.1 Å². The van der Waals surface area contributed by atoms with E-state index in [1.165, 1.54) is 11.0 Å². The number of nitrogens with zero attached hydrogens (tertiary/aromatic N) is 1. The Labute approximate surface area is 121 Å². The molecule has 116 valence electrons. The summed E-state index contributed by atoms with van der Waals surface area (Å²) in [7, 11) is -3.68. The summed E-state index contributed by atoms with van der Waals surface area (Å²) < 4.78 is 48.6. The minimum absolute atomic E-state index is 0.0430. The van der Waals surface area contributed by atoms with Crippen LogP contribution in [0.25, 0.3) is 0 Å². The molecule has 1 amide bonds. The summed E-state index contributed by atoms with van der Waals surface area (Å²) in [4.78, 5) is 13.5. The van der Waals surface area contributed by atoms with Crippen molar-refractivity contribution in [2.75, 3.05) is 13.1 Å². The first-order valence-electron chi connectivity index (χ1n) is 6.50. The Bertz CT molecular complexity index is 649. The van der Waals surface area contributed by atoms with E-state index < -0.39 is 26.9 Å². The molecule has 5 nitrogen and oxygen atoms in total. The highest BCUT2D eigenvalue weighted by molar-refractivity contribution is 7.89. The van der Waals surface area contributed by atoms with Gasteiger partial charge in [-0.05, 0) is 30.5 Å². The largest absolute Gasteiger partial charge is 0.341 e. The molecule has 0 saturated carbocycles. The van der Waals surface area contributed by atoms with Crippen molar-refractivity contribution < 1.29 is 22.0 Å². The Kier molecular flexibility index (Phi) is 4.58. The van der Waals surface area contributed by atoms with Gasteiger partial charge in [0.25, 0.3) is 0 Å². The van der Waals surface area contributed by atoms with Crippen molar-refractivity contribution in [3.8, 4) is 0 Å². The van der Waals surface area contributed by atoms with Crippen LogP contribution in [0.4, 0.5) is 8.78 Å². The second-order valence-corrected chi connectivity index (χ2v) is 6.96. The molecule has 0 spiro atoms. The van der Waals surface area contributed by atoms with Crippen molar-refractivity contribution in [1.82, 2.24) is 4.90 Å². The number of amides is 1. The van der Waals surface area contributed by atoms with Crippen molar-refractivity contribution in [3.05, 3.63) is 35.4 Å². The highest BCUT2D eigenvalue weighted by Gasteiger charge is 2.30. The van der Waals surface area contributed by atoms with Gasteiger partial charge >= 0.3 is 0 Å². The molecule has 1 unspecified atom stereocenters. The van der Waals surface area contributed by atoms with Crippen molar-refractivity contribution in [2.24, 2.45) is 5.14 Å². The lowest BCUT2D eigenvalue weighted by Gasteiger charge is -2.31. The van der Waals surface area contributed by atoms with Crippen LogP contribution in [-0.4, -0.2) is 37.6 Å². The Hall–Kier alpha value is -1.54. The summed E-state index contributed by atoms with van der Waals surface area (Å²) in [5.74, 6) is -2.31. The number of carbonyl (C=O) groups is 1. The first-order chi connectivity index (χ1) is 9.77. The van der Waals surface area contributed by atoms with Gasteiger partial charge in [-0.15, -0.1) is 0 Å². The molecule has 1 atom stereocenters. The van der Waals surface area contributed by atoms with Crippen LogP contribution < -0.4 is 5.14 Å². The first-order valence-corrected chi connectivity index (χ1v) is 8.11. The van der Waals surface area contributed by atoms with E-state index >= 15 is 0 Å². The van der Waals surface area contributed by atoms with E-state index in [4.69, 9.17) is 5.14 Å². The number of hydrogen-bond acceptors (Lipinski definition) is 3. The molecule has 1 aromatic carbocycles. The molecule has 2 N–H and O–H groups in total. The van der Waals surface area contributed by atoms with Gasteiger partial charge in [0.15, 0.2) is 11.6 Å². The van der Waals surface area contributed by atoms with E-state index in [1.54, 1.807) is 0 Å². The molecule has 8 heteroatoms. The molecule has 0 aliphatic carbocycles. The molecule has 1 fully saturated rings. The second kappa shape index (κ2) is 6.07. The predicted molar refractivity (Wildman–Crippen MR) is 72.8 cm³/mol. The molecule has 1 aliphatic heterocycles. The molecule has 0 aromatic heterocycles. The molecule has 0 bridgehead atoms. The average Bonchev–Trinajstić information content (AvgIpc) is 2.42. The molecular weight excluding hydrogens is 302 g/mol. The number of nitrogens with two attached hydrogens (primary N) is 1. The zero-order valence-corrected chi connectivity index (χ0v) is 12.1. The van der Waals surface area contributed by atoms with Gasteiger partial charge in [-0.1, -0.05) is 6.07 Å². The monoisotopic (exact) mass is 318 g/mol. The van der Waals surface area contributed by atoms with E-state index in [2.05, 4.69) is 0 Å². The summed E-state index contributed by atoms with van der Waals surface area (Å²) >= 11 is 0. The van der Waals surface area contributed by atoms with E-state index in [1.807, 2.05) is 0 Å². The van der Waals surface area contributed by atoms with E-state index in [-0.39, 0.29) is 18.9 Å². The number of likely N-dealkylation sites (tertiary alicyclic amines) is 1. The lowest BCUT2D eigenvalue weighted by Crippen LogP contribution is -2.47. The van der Waals surface area contributed by atoms with E-state index in [9.17, 15) is 22.0 Å². The van der Waals surface area contributed by atoms with Gasteiger partial charge in [0.2, 0.25) is 15.9 Å². The van der Waals surface area contributed by atoms with E-state index in [0.29, 0.717) is 24.9 Å². The van der Waals surface area contributed by atoms with Crippen LogP contribution >= 0.6 is 0 Å². The summed E-state index contributed by atoms with van der Waals surface area (Å²) in [5, 5.41) is 4.34. The fraction of sp³-hybridized carbons (Fsp3) is 0.462. The number of benzene rings is 1. The number of hydrogen-bond donors (Lipinski definition) is 1. The topological polar surface area (TPSA) is 80.5 Å². The SMILES string of the molecule is NS(=O)(=O)C1CCCN(C(=O)Cc2ccc(F)c(F)c2)C1. The van der Waals surface area contributed by atoms with Crippen LogP contribution in [0.2, 0.25) is 0 Å². The maximum Gasteiger partial charge on any atom is 0.227 e. The number of halogens is 2. The Morgan fingerprint density at radius 2 is 2.05 bits per heavy atom. The standard InChI is InChI=1S/C13H16F2N2O3S/c14-11-4-3-9(6-12(11)15)7-13(18)17-5-1-2-10(8-17)21(16,19)20/h3-4,6,10H,1-2,5,7-8H2,(H2,16,19,20). The van der Waals surface area contributed by atoms with Crippen LogP contribution in [-0.2, 0) is 21.2 Å². The quantitative estimate of drug-likeness (QED) is 0.894. The minimum Gasteiger partial charge on any atom is -0.341 e. The smallest absolute Gasteiger partial charge is 0.227 e. The summed E-state index contributed by atoms with van der Waals surface area (Å²) in [5.41, 5.74) is 0.344. The predicted octanol–water partition coefficient (Wildman–Crippen LogP) is 0.787. The number of rotatable bonds is 3. The van der Waals surface area contributed by atoms with Gasteiger partial charge in [-0.2, -0.15) is 0 Å². The van der Waals surface area contributed by atoms with Gasteiger partial charge in [-0.25, -0.2) is 22.3 Å². The lowest BCUT2D eigenvalue weighted by molar-refractivity contribution is -0.131. The summed E-state index contributed by atoms with van der Waals surface area (Å²) in [6.45, 7) is 0.482. The van der Waals surface area contributed by atoms with Crippen molar-refractivity contribution in [3.63, 3.8) is 0 Å². The zero-order valence-electron chi connectivity index (χ0n) is 11.3. The second-order valence-electron chi connectivity index (χ2n) is 5.12. The van der Waals surface area contributed by atoms with Crippen LogP contribution in [0.3, 0.4) is 0 Å². The van der Waals surface area contributed by atoms with Crippen molar-refractivity contribution in [1.29, 1.82) is 0 Å². The van der Waals surface area contributed by atoms with Crippen molar-refractivity contribution >= 4 is 15.9 Å². The zero-order chi connectivity index (χ0) is 15.6. The normalized spacial score (nSPS) is 19.6. The third kappa shape index (κ3) is 3.98. The lowest BCUT2D eigenvalue weighted by atomic mass is 10.1. The summed E-state index contributed by atoms with van der Waals surface area (Å²) in [6.07, 6.45) is 0.868. The number of primary sulfonamides is 1. The maximum atomic E-state index is 13.1. The Balaban J connectivity index is 2.04. The Morgan fingerprint density at radius 1 is 1.33 bits per heavy atom. The highest BCUT2D eigenvalue weighted by Crippen LogP contribution is 2.17. The summed E-state index contributed by atoms with van der Waals surface area (Å²) in [6, 6.07) is 3.26. The molecule has 0 radical (unpaired) electrons. The molecule has 1 heterocycles. The Morgan fingerprint density at radius 3 is 2.67 bits per heavy atom. The fourth-order valence-corrected chi connectivity index (χ4v) is 3.25. The van der Waals surface area contributed by atoms with Gasteiger partial charge < -0.3 is 4.90 Å². The molecule has 1 aromatic rings. The van der Waals surface area contributed by atoms with Gasteiger partial charge in [0.1, 0.15) is 0 Å². The van der Waals surface area contributed by atoms with Crippen LogP contribution in [0.15, 0.2) is 18.2 Å². The molecule has 21 heavy (non-hydrogen) atoms. The maximum absolute atomic E-state index is 13.1. The number of sulfonamides is 1. The van der Waals surface area contributed by atoms with Crippen LogP contribution in [0.1, 0.15) is 18.4 Å². The minimum atomic E-state index is -3.68. The first kappa shape index (κ1) is 15.8. The highest BCUT2D eigenvalue weighted by atomic mass is 32.2. The third-order valence-electron chi connectivity index (χ3n) is 3.53. The van der Waals surface area contributed by atoms with E-state index in [0.717, 1.165) is 12.1 Å².